The fourth-order valence-electron chi connectivity index (χ4n) is 1.01. The van der Waals surface area contributed by atoms with Crippen molar-refractivity contribution in [3.63, 3.8) is 0 Å². The Labute approximate surface area is 64.5 Å². The van der Waals surface area contributed by atoms with Gasteiger partial charge in [-0.1, -0.05) is 0 Å². The Morgan fingerprint density at radius 2 is 2.36 bits per heavy atom. The third-order valence-electron chi connectivity index (χ3n) is 1.55. The average molecular weight is 148 g/mol. The minimum Gasteiger partial charge on any atom is -0.463 e. The molecular weight excluding hydrogens is 140 g/mol. The highest BCUT2D eigenvalue weighted by Gasteiger charge is 2.13. The van der Waals surface area contributed by atoms with E-state index in [1.165, 1.54) is 0 Å². The van der Waals surface area contributed by atoms with Gasteiger partial charge in [-0.2, -0.15) is 0 Å². The Kier molecular flexibility index (Phi) is 1.22. The van der Waals surface area contributed by atoms with Gasteiger partial charge in [0.15, 0.2) is 5.76 Å². The standard InChI is InChI=1S/C8H8N2O/c9-6-3-5-11-7-2-1-4-10-8(6)7/h1-5,10H,9H2. The molecule has 0 atom stereocenters. The van der Waals surface area contributed by atoms with E-state index in [9.17, 15) is 0 Å². The number of nitrogens with one attached hydrogen (secondary N) is 1. The lowest BCUT2D eigenvalue weighted by Crippen LogP contribution is -2.19. The predicted molar refractivity (Wildman–Crippen MR) is 41.8 cm³/mol. The minimum atomic E-state index is 0.701. The van der Waals surface area contributed by atoms with Crippen LogP contribution in [0.15, 0.2) is 47.8 Å². The molecule has 0 aromatic carbocycles. The largest absolute Gasteiger partial charge is 0.463 e. The first-order valence-corrected chi connectivity index (χ1v) is 3.34. The van der Waals surface area contributed by atoms with Crippen molar-refractivity contribution in [3.05, 3.63) is 47.8 Å². The molecule has 2 rings (SSSR count). The molecule has 0 amide bonds. The van der Waals surface area contributed by atoms with Gasteiger partial charge in [0, 0.05) is 6.20 Å². The summed E-state index contributed by atoms with van der Waals surface area (Å²) in [5.41, 5.74) is 7.21. The molecule has 0 bridgehead atoms. The van der Waals surface area contributed by atoms with Crippen molar-refractivity contribution < 1.29 is 4.74 Å². The van der Waals surface area contributed by atoms with E-state index in [1.807, 2.05) is 18.4 Å². The zero-order valence-corrected chi connectivity index (χ0v) is 5.87. The summed E-state index contributed by atoms with van der Waals surface area (Å²) in [5, 5.41) is 3.00. The van der Waals surface area contributed by atoms with Gasteiger partial charge in [0.1, 0.15) is 5.70 Å². The van der Waals surface area contributed by atoms with E-state index >= 15 is 0 Å². The van der Waals surface area contributed by atoms with Gasteiger partial charge in [-0.05, 0) is 18.2 Å². The molecule has 2 aliphatic rings. The van der Waals surface area contributed by atoms with E-state index in [-0.39, 0.29) is 0 Å². The molecule has 0 aromatic rings. The highest BCUT2D eigenvalue weighted by molar-refractivity contribution is 5.41. The number of ether oxygens (including phenoxy) is 1. The number of hydrogen-bond acceptors (Lipinski definition) is 3. The van der Waals surface area contributed by atoms with E-state index in [4.69, 9.17) is 10.5 Å². The lowest BCUT2D eigenvalue weighted by Gasteiger charge is -2.18. The Morgan fingerprint density at radius 3 is 3.18 bits per heavy atom. The van der Waals surface area contributed by atoms with Crippen molar-refractivity contribution in [2.45, 2.75) is 0 Å². The second-order valence-electron chi connectivity index (χ2n) is 2.29. The number of nitrogens with two attached hydrogens (primary N) is 1. The highest BCUT2D eigenvalue weighted by Crippen LogP contribution is 2.19. The van der Waals surface area contributed by atoms with Crippen molar-refractivity contribution in [3.8, 4) is 0 Å². The molecule has 0 radical (unpaired) electrons. The van der Waals surface area contributed by atoms with Crippen molar-refractivity contribution in [2.24, 2.45) is 5.73 Å². The summed E-state index contributed by atoms with van der Waals surface area (Å²) in [6, 6.07) is 0. The topological polar surface area (TPSA) is 47.3 Å². The molecule has 2 heterocycles. The van der Waals surface area contributed by atoms with Gasteiger partial charge in [-0.25, -0.2) is 0 Å². The number of fused-ring (bicyclic) bond motifs is 1. The van der Waals surface area contributed by atoms with Crippen LogP contribution in [0.2, 0.25) is 0 Å². The van der Waals surface area contributed by atoms with Crippen LogP contribution in [0.4, 0.5) is 0 Å². The first-order chi connectivity index (χ1) is 5.38. The maximum atomic E-state index is 5.66. The maximum Gasteiger partial charge on any atom is 0.152 e. The summed E-state index contributed by atoms with van der Waals surface area (Å²) < 4.78 is 5.18. The normalized spacial score (nSPS) is 20.2. The van der Waals surface area contributed by atoms with Crippen molar-refractivity contribution >= 4 is 0 Å². The maximum absolute atomic E-state index is 5.66. The predicted octanol–water partition coefficient (Wildman–Crippen LogP) is 0.701. The monoisotopic (exact) mass is 148 g/mol. The summed E-state index contributed by atoms with van der Waals surface area (Å²) in [7, 11) is 0. The highest BCUT2D eigenvalue weighted by atomic mass is 16.5. The van der Waals surface area contributed by atoms with E-state index in [0.717, 1.165) is 11.5 Å². The molecule has 0 fully saturated rings. The summed E-state index contributed by atoms with van der Waals surface area (Å²) in [6.07, 6.45) is 8.84. The third-order valence-corrected chi connectivity index (χ3v) is 1.55. The van der Waals surface area contributed by atoms with E-state index in [0.29, 0.717) is 5.70 Å². The number of dihydropyridines is 1. The van der Waals surface area contributed by atoms with Crippen LogP contribution in [0.3, 0.4) is 0 Å². The molecule has 0 aromatic heterocycles. The van der Waals surface area contributed by atoms with Gasteiger partial charge < -0.3 is 15.8 Å². The Bertz CT molecular complexity index is 297. The Morgan fingerprint density at radius 1 is 1.45 bits per heavy atom. The molecule has 0 aliphatic carbocycles. The van der Waals surface area contributed by atoms with Crippen LogP contribution in [-0.4, -0.2) is 0 Å². The zero-order valence-electron chi connectivity index (χ0n) is 5.87. The van der Waals surface area contributed by atoms with E-state index < -0.39 is 0 Å². The first kappa shape index (κ1) is 6.09. The van der Waals surface area contributed by atoms with Crippen molar-refractivity contribution in [2.75, 3.05) is 0 Å². The van der Waals surface area contributed by atoms with Crippen LogP contribution in [0.1, 0.15) is 0 Å². The van der Waals surface area contributed by atoms with Crippen LogP contribution in [-0.2, 0) is 4.74 Å². The third kappa shape index (κ3) is 0.902. The van der Waals surface area contributed by atoms with Gasteiger partial charge in [0.25, 0.3) is 0 Å². The molecule has 0 unspecified atom stereocenters. The fourth-order valence-corrected chi connectivity index (χ4v) is 1.01. The smallest absolute Gasteiger partial charge is 0.152 e. The van der Waals surface area contributed by atoms with Crippen molar-refractivity contribution in [1.82, 2.24) is 5.32 Å². The van der Waals surface area contributed by atoms with Gasteiger partial charge in [-0.3, -0.25) is 0 Å². The summed E-state index contributed by atoms with van der Waals surface area (Å²) in [5.74, 6) is 0.771. The second-order valence-corrected chi connectivity index (χ2v) is 2.29. The molecular formula is C8H8N2O. The van der Waals surface area contributed by atoms with Gasteiger partial charge >= 0.3 is 0 Å². The second kappa shape index (κ2) is 2.20. The molecule has 11 heavy (non-hydrogen) atoms. The van der Waals surface area contributed by atoms with Crippen LogP contribution in [0.5, 0.6) is 0 Å². The van der Waals surface area contributed by atoms with Gasteiger partial charge in [-0.15, -0.1) is 0 Å². The molecule has 3 nitrogen and oxygen atoms in total. The average Bonchev–Trinajstić information content (AvgIpc) is 2.06. The fraction of sp³-hybridized carbons (Fsp3) is 0. The summed E-state index contributed by atoms with van der Waals surface area (Å²) >= 11 is 0. The molecule has 2 aliphatic heterocycles. The van der Waals surface area contributed by atoms with Crippen LogP contribution in [0, 0.1) is 0 Å². The lowest BCUT2D eigenvalue weighted by atomic mass is 10.2. The number of rotatable bonds is 0. The molecule has 0 spiro atoms. The number of hydrogen-bond donors (Lipinski definition) is 2. The Balaban J connectivity index is 2.46. The minimum absolute atomic E-state index is 0.701. The zero-order chi connectivity index (χ0) is 7.68. The lowest BCUT2D eigenvalue weighted by molar-refractivity contribution is 0.348. The van der Waals surface area contributed by atoms with Crippen LogP contribution >= 0.6 is 0 Å². The van der Waals surface area contributed by atoms with E-state index in [1.54, 1.807) is 12.3 Å². The quantitative estimate of drug-likeness (QED) is 0.531. The SMILES string of the molecule is NC1=C2NC=CC=C2OC=C1. The van der Waals surface area contributed by atoms with Crippen molar-refractivity contribution in [1.29, 1.82) is 0 Å². The van der Waals surface area contributed by atoms with Gasteiger partial charge in [0.2, 0.25) is 0 Å². The van der Waals surface area contributed by atoms with E-state index in [2.05, 4.69) is 5.32 Å². The molecule has 3 N–H and O–H groups in total. The molecule has 0 saturated carbocycles. The number of allylic oxidation sites excluding steroid dienone is 3. The Hall–Kier alpha value is -1.64. The van der Waals surface area contributed by atoms with Crippen LogP contribution in [0.25, 0.3) is 0 Å². The summed E-state index contributed by atoms with van der Waals surface area (Å²) in [4.78, 5) is 0. The first-order valence-electron chi connectivity index (χ1n) is 3.34. The summed E-state index contributed by atoms with van der Waals surface area (Å²) in [6.45, 7) is 0. The molecule has 0 saturated heterocycles. The molecule has 56 valence electrons. The molecule has 3 heteroatoms. The van der Waals surface area contributed by atoms with Gasteiger partial charge in [0.05, 0.1) is 12.0 Å². The van der Waals surface area contributed by atoms with Crippen LogP contribution < -0.4 is 11.1 Å².